The summed E-state index contributed by atoms with van der Waals surface area (Å²) in [5.41, 5.74) is 5.63. The zero-order chi connectivity index (χ0) is 27.5. The molecule has 1 unspecified atom stereocenters. The highest BCUT2D eigenvalue weighted by Crippen LogP contribution is 2.52. The number of aromatic amines is 1. The second kappa shape index (κ2) is 12.1. The molecule has 0 amide bonds. The number of aryl methyl sites for hydroxylation is 1. The van der Waals surface area contributed by atoms with E-state index in [1.165, 1.54) is 14.7 Å². The van der Waals surface area contributed by atoms with Crippen LogP contribution in [0.4, 0.5) is 11.4 Å². The number of benzene rings is 2. The second-order valence-electron chi connectivity index (χ2n) is 9.89. The van der Waals surface area contributed by atoms with Crippen LogP contribution in [0.1, 0.15) is 23.9 Å². The van der Waals surface area contributed by atoms with Crippen LogP contribution in [0.2, 0.25) is 0 Å². The fourth-order valence-electron chi connectivity index (χ4n) is 4.95. The molecule has 2 aliphatic heterocycles. The number of fused-ring (bicyclic) bond motifs is 2. The maximum atomic E-state index is 12.7. The van der Waals surface area contributed by atoms with Gasteiger partial charge in [-0.25, -0.2) is 0 Å². The minimum Gasteiger partial charge on any atom is -0.378 e. The third-order valence-corrected chi connectivity index (χ3v) is 9.63. The van der Waals surface area contributed by atoms with E-state index in [1.54, 1.807) is 29.6 Å². The molecular weight excluding hydrogens is 541 g/mol. The van der Waals surface area contributed by atoms with E-state index in [1.807, 2.05) is 26.4 Å². The van der Waals surface area contributed by atoms with Crippen molar-refractivity contribution in [1.29, 1.82) is 0 Å². The summed E-state index contributed by atoms with van der Waals surface area (Å²) in [5, 5.41) is 6.93. The quantitative estimate of drug-likeness (QED) is 0.227. The Morgan fingerprint density at radius 2 is 1.90 bits per heavy atom. The number of nitrogens with one attached hydrogen (secondary N) is 3. The standard InChI is InChI=1S/C30H32N6O2S2/c1-19-17-33-25(18-32-19)23(8-9-31-2)34-20-6-7-26-28(14-20)39-27-5-3-4-22(30(27)40-26)24-15-21(16-29(37)35-24)36-10-12-38-13-11-36/h3-7,14-18,23,31,34H,8-13H2,1-2H3,(H,35,37). The molecule has 0 radical (unpaired) electrons. The average molecular weight is 573 g/mol. The van der Waals surface area contributed by atoms with Gasteiger partial charge in [0.15, 0.2) is 0 Å². The van der Waals surface area contributed by atoms with Gasteiger partial charge in [-0.2, -0.15) is 0 Å². The lowest BCUT2D eigenvalue weighted by Gasteiger charge is -2.29. The summed E-state index contributed by atoms with van der Waals surface area (Å²) < 4.78 is 5.50. The number of anilines is 2. The molecule has 1 fully saturated rings. The largest absolute Gasteiger partial charge is 0.378 e. The van der Waals surface area contributed by atoms with Crippen molar-refractivity contribution < 1.29 is 4.74 Å². The number of nitrogens with zero attached hydrogens (tertiary/aromatic N) is 3. The van der Waals surface area contributed by atoms with Crippen LogP contribution >= 0.6 is 23.5 Å². The number of hydrogen-bond donors (Lipinski definition) is 3. The van der Waals surface area contributed by atoms with Crippen LogP contribution in [0.25, 0.3) is 11.3 Å². The highest BCUT2D eigenvalue weighted by atomic mass is 32.2. The molecule has 1 saturated heterocycles. The summed E-state index contributed by atoms with van der Waals surface area (Å²) in [7, 11) is 1.96. The zero-order valence-electron chi connectivity index (χ0n) is 22.6. The molecule has 8 nitrogen and oxygen atoms in total. The van der Waals surface area contributed by atoms with E-state index < -0.39 is 0 Å². The number of aromatic nitrogens is 3. The first kappa shape index (κ1) is 26.9. The molecule has 0 saturated carbocycles. The minimum atomic E-state index is -0.0905. The summed E-state index contributed by atoms with van der Waals surface area (Å²) in [6.45, 7) is 5.75. The first-order valence-corrected chi connectivity index (χ1v) is 15.1. The van der Waals surface area contributed by atoms with Gasteiger partial charge in [-0.05, 0) is 57.3 Å². The van der Waals surface area contributed by atoms with E-state index in [9.17, 15) is 4.79 Å². The van der Waals surface area contributed by atoms with Crippen LogP contribution < -0.4 is 21.1 Å². The van der Waals surface area contributed by atoms with E-state index in [4.69, 9.17) is 4.74 Å². The minimum absolute atomic E-state index is 0.0503. The molecule has 3 N–H and O–H groups in total. The van der Waals surface area contributed by atoms with Crippen LogP contribution in [0.5, 0.6) is 0 Å². The molecular formula is C30H32N6O2S2. The van der Waals surface area contributed by atoms with E-state index >= 15 is 0 Å². The molecule has 0 aliphatic carbocycles. The Morgan fingerprint density at radius 1 is 1.02 bits per heavy atom. The molecule has 4 aromatic rings. The van der Waals surface area contributed by atoms with Gasteiger partial charge in [0, 0.05) is 61.9 Å². The molecule has 6 rings (SSSR count). The summed E-state index contributed by atoms with van der Waals surface area (Å²) in [5.74, 6) is 0. The van der Waals surface area contributed by atoms with Crippen molar-refractivity contribution in [2.24, 2.45) is 0 Å². The lowest BCUT2D eigenvalue weighted by molar-refractivity contribution is 0.122. The van der Waals surface area contributed by atoms with Gasteiger partial charge in [0.2, 0.25) is 5.56 Å². The predicted molar refractivity (Wildman–Crippen MR) is 162 cm³/mol. The number of rotatable bonds is 8. The third-order valence-electron chi connectivity index (χ3n) is 7.03. The van der Waals surface area contributed by atoms with Crippen molar-refractivity contribution in [1.82, 2.24) is 20.3 Å². The van der Waals surface area contributed by atoms with Gasteiger partial charge in [0.25, 0.3) is 0 Å². The van der Waals surface area contributed by atoms with Gasteiger partial charge in [0.05, 0.1) is 42.5 Å². The molecule has 1 atom stereocenters. The van der Waals surface area contributed by atoms with E-state index in [2.05, 4.69) is 72.9 Å². The monoisotopic (exact) mass is 572 g/mol. The number of morpholine rings is 1. The number of hydrogen-bond acceptors (Lipinski definition) is 9. The SMILES string of the molecule is CNCCC(Nc1ccc2c(c1)Sc1cccc(-c3cc(N4CCOCC4)cc(=O)[nH]3)c1S2)c1cnc(C)cn1. The molecule has 40 heavy (non-hydrogen) atoms. The lowest BCUT2D eigenvalue weighted by Crippen LogP contribution is -2.36. The van der Waals surface area contributed by atoms with Crippen LogP contribution in [-0.4, -0.2) is 54.8 Å². The maximum Gasteiger partial charge on any atom is 0.250 e. The zero-order valence-corrected chi connectivity index (χ0v) is 24.2. The fraction of sp³-hybridized carbons (Fsp3) is 0.300. The van der Waals surface area contributed by atoms with Gasteiger partial charge < -0.3 is 25.3 Å². The maximum absolute atomic E-state index is 12.7. The summed E-state index contributed by atoms with van der Waals surface area (Å²) in [6.07, 6.45) is 4.57. The lowest BCUT2D eigenvalue weighted by atomic mass is 10.1. The Balaban J connectivity index is 1.26. The number of H-pyrrole nitrogens is 1. The molecule has 206 valence electrons. The van der Waals surface area contributed by atoms with Gasteiger partial charge in [-0.3, -0.25) is 14.8 Å². The van der Waals surface area contributed by atoms with Gasteiger partial charge in [-0.1, -0.05) is 35.7 Å². The van der Waals surface area contributed by atoms with Gasteiger partial charge in [0.1, 0.15) is 0 Å². The van der Waals surface area contributed by atoms with Crippen molar-refractivity contribution in [2.45, 2.75) is 39.0 Å². The van der Waals surface area contributed by atoms with Crippen LogP contribution in [0.15, 0.2) is 85.3 Å². The topological polar surface area (TPSA) is 95.2 Å². The van der Waals surface area contributed by atoms with Crippen molar-refractivity contribution >= 4 is 34.9 Å². The summed E-state index contributed by atoms with van der Waals surface area (Å²) in [6, 6.07) is 16.7. The smallest absolute Gasteiger partial charge is 0.250 e. The highest BCUT2D eigenvalue weighted by Gasteiger charge is 2.23. The Hall–Kier alpha value is -3.31. The van der Waals surface area contributed by atoms with E-state index in [0.717, 1.165) is 65.0 Å². The third kappa shape index (κ3) is 5.90. The first-order chi connectivity index (χ1) is 19.6. The van der Waals surface area contributed by atoms with Gasteiger partial charge in [-0.15, -0.1) is 0 Å². The Bertz CT molecular complexity index is 1550. The Morgan fingerprint density at radius 3 is 2.70 bits per heavy atom. The van der Waals surface area contributed by atoms with Crippen LogP contribution in [0, 0.1) is 6.92 Å². The van der Waals surface area contributed by atoms with Crippen LogP contribution in [-0.2, 0) is 4.74 Å². The van der Waals surface area contributed by atoms with E-state index in [0.29, 0.717) is 13.2 Å². The molecule has 10 heteroatoms. The Kier molecular flexibility index (Phi) is 8.10. The molecule has 2 aromatic heterocycles. The molecule has 0 spiro atoms. The van der Waals surface area contributed by atoms with Crippen molar-refractivity contribution in [3.63, 3.8) is 0 Å². The summed E-state index contributed by atoms with van der Waals surface area (Å²) in [4.78, 5) is 31.8. The van der Waals surface area contributed by atoms with E-state index in [-0.39, 0.29) is 11.6 Å². The van der Waals surface area contributed by atoms with Crippen molar-refractivity contribution in [3.8, 4) is 11.3 Å². The van der Waals surface area contributed by atoms with Crippen LogP contribution in [0.3, 0.4) is 0 Å². The Labute approximate surface area is 242 Å². The second-order valence-corrected chi connectivity index (χ2v) is 12.0. The molecule has 0 bridgehead atoms. The normalized spacial score (nSPS) is 15.3. The first-order valence-electron chi connectivity index (χ1n) is 13.5. The predicted octanol–water partition coefficient (Wildman–Crippen LogP) is 5.36. The average Bonchev–Trinajstić information content (AvgIpc) is 2.98. The number of pyridine rings is 1. The van der Waals surface area contributed by atoms with Crippen molar-refractivity contribution in [2.75, 3.05) is 50.1 Å². The van der Waals surface area contributed by atoms with Gasteiger partial charge >= 0.3 is 0 Å². The number of ether oxygens (including phenoxy) is 1. The highest BCUT2D eigenvalue weighted by molar-refractivity contribution is 8.05. The molecule has 2 aliphatic rings. The summed E-state index contributed by atoms with van der Waals surface area (Å²) >= 11 is 3.52. The molecule has 2 aromatic carbocycles. The fourth-order valence-corrected chi connectivity index (χ4v) is 7.36. The molecule has 4 heterocycles. The van der Waals surface area contributed by atoms with Crippen molar-refractivity contribution in [3.05, 3.63) is 82.7 Å².